The smallest absolute Gasteiger partial charge is 0.333 e. The van der Waals surface area contributed by atoms with Crippen molar-refractivity contribution in [2.75, 3.05) is 12.5 Å². The highest BCUT2D eigenvalue weighted by atomic mass is 19.1. The molecule has 0 aromatic heterocycles. The molecular formula is C8H10FN3O. The van der Waals surface area contributed by atoms with Crippen LogP contribution in [0, 0.1) is 5.82 Å². The van der Waals surface area contributed by atoms with Gasteiger partial charge in [-0.25, -0.2) is 9.18 Å². The molecule has 0 aliphatic carbocycles. The van der Waals surface area contributed by atoms with E-state index in [1.165, 1.54) is 31.3 Å². The number of nitrogens with one attached hydrogen (secondary N) is 3. The minimum Gasteiger partial charge on any atom is -0.340 e. The molecule has 0 saturated heterocycles. The summed E-state index contributed by atoms with van der Waals surface area (Å²) in [6, 6.07) is 5.28. The molecule has 4 nitrogen and oxygen atoms in total. The van der Waals surface area contributed by atoms with Crippen LogP contribution in [-0.2, 0) is 0 Å². The second-order valence-corrected chi connectivity index (χ2v) is 2.34. The summed E-state index contributed by atoms with van der Waals surface area (Å²) in [5.41, 5.74) is 5.56. The fraction of sp³-hybridized carbons (Fsp3) is 0.125. The maximum atomic E-state index is 12.4. The SMILES string of the molecule is CNC(=O)NNc1ccc(F)cc1. The van der Waals surface area contributed by atoms with Crippen LogP contribution in [0.15, 0.2) is 24.3 Å². The lowest BCUT2D eigenvalue weighted by Gasteiger charge is -2.06. The number of halogens is 1. The summed E-state index contributed by atoms with van der Waals surface area (Å²) in [5, 5.41) is 2.36. The normalized spacial score (nSPS) is 9.08. The summed E-state index contributed by atoms with van der Waals surface area (Å²) < 4.78 is 12.4. The lowest BCUT2D eigenvalue weighted by Crippen LogP contribution is -2.36. The molecule has 0 aliphatic rings. The van der Waals surface area contributed by atoms with Gasteiger partial charge in [0.2, 0.25) is 0 Å². The summed E-state index contributed by atoms with van der Waals surface area (Å²) in [4.78, 5) is 10.7. The first-order chi connectivity index (χ1) is 6.22. The Morgan fingerprint density at radius 3 is 2.46 bits per heavy atom. The maximum absolute atomic E-state index is 12.4. The Labute approximate surface area is 75.1 Å². The minimum absolute atomic E-state index is 0.314. The lowest BCUT2D eigenvalue weighted by molar-refractivity contribution is 0.245. The first kappa shape index (κ1) is 9.31. The van der Waals surface area contributed by atoms with Crippen LogP contribution in [0.3, 0.4) is 0 Å². The number of carbonyl (C=O) groups is 1. The molecule has 5 heteroatoms. The molecule has 0 saturated carbocycles. The highest BCUT2D eigenvalue weighted by Gasteiger charge is 1.95. The van der Waals surface area contributed by atoms with Gasteiger partial charge in [-0.05, 0) is 24.3 Å². The largest absolute Gasteiger partial charge is 0.340 e. The summed E-state index contributed by atoms with van der Waals surface area (Å²) in [5.74, 6) is -0.314. The summed E-state index contributed by atoms with van der Waals surface area (Å²) in [7, 11) is 1.50. The van der Waals surface area contributed by atoms with E-state index >= 15 is 0 Å². The Hall–Kier alpha value is -1.78. The van der Waals surface area contributed by atoms with Gasteiger partial charge in [0.25, 0.3) is 0 Å². The molecule has 13 heavy (non-hydrogen) atoms. The van der Waals surface area contributed by atoms with Crippen LogP contribution in [0.2, 0.25) is 0 Å². The van der Waals surface area contributed by atoms with Gasteiger partial charge in [-0.2, -0.15) is 0 Å². The van der Waals surface area contributed by atoms with E-state index in [0.717, 1.165) is 0 Å². The van der Waals surface area contributed by atoms with Crippen LogP contribution < -0.4 is 16.2 Å². The third-order valence-electron chi connectivity index (χ3n) is 1.39. The number of rotatable bonds is 2. The van der Waals surface area contributed by atoms with Crippen molar-refractivity contribution in [3.63, 3.8) is 0 Å². The molecule has 0 heterocycles. The van der Waals surface area contributed by atoms with Crippen molar-refractivity contribution in [2.24, 2.45) is 0 Å². The van der Waals surface area contributed by atoms with Crippen molar-refractivity contribution >= 4 is 11.7 Å². The zero-order chi connectivity index (χ0) is 9.68. The molecule has 1 rings (SSSR count). The predicted octanol–water partition coefficient (Wildman–Crippen LogP) is 1.08. The molecule has 3 N–H and O–H groups in total. The van der Waals surface area contributed by atoms with Crippen molar-refractivity contribution in [1.82, 2.24) is 10.7 Å². The minimum atomic E-state index is -0.357. The van der Waals surface area contributed by atoms with Crippen LogP contribution >= 0.6 is 0 Å². The highest BCUT2D eigenvalue weighted by molar-refractivity contribution is 5.75. The van der Waals surface area contributed by atoms with Crippen LogP contribution in [0.4, 0.5) is 14.9 Å². The van der Waals surface area contributed by atoms with Crippen molar-refractivity contribution in [2.45, 2.75) is 0 Å². The van der Waals surface area contributed by atoms with Gasteiger partial charge in [-0.15, -0.1) is 0 Å². The Morgan fingerprint density at radius 2 is 1.92 bits per heavy atom. The predicted molar refractivity (Wildman–Crippen MR) is 47.6 cm³/mol. The third-order valence-corrected chi connectivity index (χ3v) is 1.39. The highest BCUT2D eigenvalue weighted by Crippen LogP contribution is 2.06. The molecule has 2 amide bonds. The molecule has 0 fully saturated rings. The van der Waals surface area contributed by atoms with Gasteiger partial charge in [0.15, 0.2) is 0 Å². The summed E-state index contributed by atoms with van der Waals surface area (Å²) >= 11 is 0. The van der Waals surface area contributed by atoms with E-state index in [-0.39, 0.29) is 11.8 Å². The maximum Gasteiger partial charge on any atom is 0.333 e. The van der Waals surface area contributed by atoms with Crippen molar-refractivity contribution in [3.05, 3.63) is 30.1 Å². The van der Waals surface area contributed by atoms with Crippen molar-refractivity contribution < 1.29 is 9.18 Å². The van der Waals surface area contributed by atoms with E-state index in [1.54, 1.807) is 0 Å². The van der Waals surface area contributed by atoms with E-state index in [0.29, 0.717) is 5.69 Å². The number of anilines is 1. The first-order valence-electron chi connectivity index (χ1n) is 3.71. The Kier molecular flexibility index (Phi) is 3.08. The van der Waals surface area contributed by atoms with Gasteiger partial charge in [0.05, 0.1) is 5.69 Å². The van der Waals surface area contributed by atoms with Gasteiger partial charge in [0.1, 0.15) is 5.82 Å². The van der Waals surface area contributed by atoms with Gasteiger partial charge in [-0.1, -0.05) is 0 Å². The van der Waals surface area contributed by atoms with E-state index in [2.05, 4.69) is 16.2 Å². The number of hydrogen-bond donors (Lipinski definition) is 3. The topological polar surface area (TPSA) is 53.2 Å². The van der Waals surface area contributed by atoms with E-state index < -0.39 is 0 Å². The lowest BCUT2D eigenvalue weighted by atomic mass is 10.3. The van der Waals surface area contributed by atoms with Crippen molar-refractivity contribution in [3.8, 4) is 0 Å². The fourth-order valence-corrected chi connectivity index (χ4v) is 0.725. The first-order valence-corrected chi connectivity index (χ1v) is 3.71. The Balaban J connectivity index is 2.46. The van der Waals surface area contributed by atoms with Gasteiger partial charge >= 0.3 is 6.03 Å². The number of urea groups is 1. The third kappa shape index (κ3) is 2.98. The van der Waals surface area contributed by atoms with E-state index in [4.69, 9.17) is 0 Å². The number of amides is 2. The molecule has 0 bridgehead atoms. The zero-order valence-electron chi connectivity index (χ0n) is 7.10. The quantitative estimate of drug-likeness (QED) is 0.601. The van der Waals surface area contributed by atoms with Crippen LogP contribution in [0.25, 0.3) is 0 Å². The summed E-state index contributed by atoms with van der Waals surface area (Å²) in [6.45, 7) is 0. The number of carbonyl (C=O) groups excluding carboxylic acids is 1. The molecule has 1 aromatic rings. The fourth-order valence-electron chi connectivity index (χ4n) is 0.725. The monoisotopic (exact) mass is 183 g/mol. The molecule has 0 unspecified atom stereocenters. The van der Waals surface area contributed by atoms with E-state index in [9.17, 15) is 9.18 Å². The molecule has 0 atom stereocenters. The summed E-state index contributed by atoms with van der Waals surface area (Å²) in [6.07, 6.45) is 0. The molecule has 0 radical (unpaired) electrons. The molecule has 0 aliphatic heterocycles. The van der Waals surface area contributed by atoms with Crippen LogP contribution in [0.1, 0.15) is 0 Å². The molecule has 70 valence electrons. The average molecular weight is 183 g/mol. The standard InChI is InChI=1S/C8H10FN3O/c1-10-8(13)12-11-7-4-2-6(9)3-5-7/h2-5,11H,1H3,(H2,10,12,13). The number of benzene rings is 1. The second kappa shape index (κ2) is 4.30. The molecule has 1 aromatic carbocycles. The Bertz CT molecular complexity index is 286. The average Bonchev–Trinajstić information content (AvgIpc) is 2.16. The van der Waals surface area contributed by atoms with Crippen LogP contribution in [-0.4, -0.2) is 13.1 Å². The van der Waals surface area contributed by atoms with E-state index in [1.807, 2.05) is 0 Å². The van der Waals surface area contributed by atoms with Gasteiger partial charge < -0.3 is 5.32 Å². The van der Waals surface area contributed by atoms with Crippen LogP contribution in [0.5, 0.6) is 0 Å². The van der Waals surface area contributed by atoms with Gasteiger partial charge in [-0.3, -0.25) is 10.9 Å². The Morgan fingerprint density at radius 1 is 1.31 bits per heavy atom. The second-order valence-electron chi connectivity index (χ2n) is 2.34. The molecular weight excluding hydrogens is 173 g/mol. The zero-order valence-corrected chi connectivity index (χ0v) is 7.10. The van der Waals surface area contributed by atoms with Crippen molar-refractivity contribution in [1.29, 1.82) is 0 Å². The number of hydrazine groups is 1. The number of hydrogen-bond acceptors (Lipinski definition) is 2. The van der Waals surface area contributed by atoms with Gasteiger partial charge in [0, 0.05) is 7.05 Å². The molecule has 0 spiro atoms.